The lowest BCUT2D eigenvalue weighted by atomic mass is 9.48. The van der Waals surface area contributed by atoms with E-state index in [1.807, 2.05) is 0 Å². The van der Waals surface area contributed by atoms with Gasteiger partial charge in [0.05, 0.1) is 20.3 Å². The maximum absolute atomic E-state index is 12.8. The first-order valence-corrected chi connectivity index (χ1v) is 11.0. The Labute approximate surface area is 175 Å². The van der Waals surface area contributed by atoms with Crippen molar-refractivity contribution in [3.63, 3.8) is 0 Å². The fourth-order valence-corrected chi connectivity index (χ4v) is 7.88. The van der Waals surface area contributed by atoms with Crippen LogP contribution < -0.4 is 14.8 Å². The van der Waals surface area contributed by atoms with Crippen molar-refractivity contribution in [2.45, 2.75) is 55.4 Å². The molecule has 4 saturated carbocycles. The first kappa shape index (κ1) is 20.0. The largest absolute Gasteiger partial charge is 0.497 e. The van der Waals surface area contributed by atoms with E-state index in [2.05, 4.69) is 21.2 Å². The Kier molecular flexibility index (Phi) is 5.38. The number of rotatable bonds is 7. The molecule has 28 heavy (non-hydrogen) atoms. The number of ether oxygens (including phenoxy) is 2. The molecule has 5 nitrogen and oxygen atoms in total. The van der Waals surface area contributed by atoms with Crippen LogP contribution in [0.4, 0.5) is 0 Å². The lowest BCUT2D eigenvalue weighted by molar-refractivity contribution is -0.128. The maximum atomic E-state index is 12.8. The Morgan fingerprint density at radius 3 is 2.57 bits per heavy atom. The summed E-state index contributed by atoms with van der Waals surface area (Å²) in [6, 6.07) is 5.31. The van der Waals surface area contributed by atoms with E-state index < -0.39 is 6.10 Å². The molecule has 4 bridgehead atoms. The summed E-state index contributed by atoms with van der Waals surface area (Å²) in [5, 5.41) is 13.6. The molecule has 154 valence electrons. The molecular formula is C22H30BrNO4. The van der Waals surface area contributed by atoms with Crippen LogP contribution in [0.2, 0.25) is 0 Å². The smallest absolute Gasteiger partial charge is 0.220 e. The van der Waals surface area contributed by atoms with Crippen molar-refractivity contribution in [1.29, 1.82) is 0 Å². The zero-order chi connectivity index (χ0) is 19.9. The van der Waals surface area contributed by atoms with Crippen molar-refractivity contribution in [3.05, 3.63) is 23.8 Å². The molecule has 0 heterocycles. The number of halogens is 1. The second kappa shape index (κ2) is 7.52. The summed E-state index contributed by atoms with van der Waals surface area (Å²) in [4.78, 5) is 12.8. The predicted octanol–water partition coefficient (Wildman–Crippen LogP) is 3.98. The lowest BCUT2D eigenvalue weighted by Crippen LogP contribution is -2.54. The van der Waals surface area contributed by atoms with Gasteiger partial charge in [0.1, 0.15) is 11.5 Å². The Morgan fingerprint density at radius 2 is 1.96 bits per heavy atom. The molecule has 6 heteroatoms. The minimum Gasteiger partial charge on any atom is -0.497 e. The molecule has 3 unspecified atom stereocenters. The van der Waals surface area contributed by atoms with Gasteiger partial charge in [0.25, 0.3) is 0 Å². The van der Waals surface area contributed by atoms with Gasteiger partial charge in [-0.3, -0.25) is 4.79 Å². The molecule has 0 aromatic heterocycles. The van der Waals surface area contributed by atoms with E-state index in [0.29, 0.717) is 23.5 Å². The monoisotopic (exact) mass is 451 g/mol. The van der Waals surface area contributed by atoms with Crippen molar-refractivity contribution in [3.8, 4) is 11.5 Å². The molecule has 4 fully saturated rings. The molecule has 4 aliphatic rings. The summed E-state index contributed by atoms with van der Waals surface area (Å²) >= 11 is 4.01. The molecule has 1 amide bonds. The van der Waals surface area contributed by atoms with E-state index in [9.17, 15) is 9.90 Å². The fourth-order valence-electron chi connectivity index (χ4n) is 6.37. The first-order valence-electron chi connectivity index (χ1n) is 10.2. The SMILES string of the molecule is COc1ccc(OC)c(C(O)CNC(=O)CC23CC4CC(CC(Br)(C4)C2)C3)c1. The van der Waals surface area contributed by atoms with Crippen LogP contribution in [0.25, 0.3) is 0 Å². The number of carbonyl (C=O) groups is 1. The summed E-state index contributed by atoms with van der Waals surface area (Å²) in [7, 11) is 3.15. The Hall–Kier alpha value is -1.27. The van der Waals surface area contributed by atoms with E-state index in [0.717, 1.165) is 18.3 Å². The molecule has 0 radical (unpaired) electrons. The zero-order valence-electron chi connectivity index (χ0n) is 16.7. The molecule has 0 aliphatic heterocycles. The third-order valence-corrected chi connectivity index (χ3v) is 7.86. The molecule has 4 aliphatic carbocycles. The number of aliphatic hydroxyl groups excluding tert-OH is 1. The van der Waals surface area contributed by atoms with Crippen molar-refractivity contribution in [1.82, 2.24) is 5.32 Å². The van der Waals surface area contributed by atoms with Gasteiger partial charge in [0.2, 0.25) is 5.91 Å². The Balaban J connectivity index is 1.37. The molecule has 0 spiro atoms. The van der Waals surface area contributed by atoms with Gasteiger partial charge in [-0.15, -0.1) is 0 Å². The summed E-state index contributed by atoms with van der Waals surface area (Å²) in [6.07, 6.45) is 7.05. The van der Waals surface area contributed by atoms with E-state index in [-0.39, 0.29) is 22.2 Å². The second-order valence-corrected chi connectivity index (χ2v) is 10.9. The van der Waals surface area contributed by atoms with Gasteiger partial charge in [0, 0.05) is 22.9 Å². The lowest BCUT2D eigenvalue weighted by Gasteiger charge is -2.60. The van der Waals surface area contributed by atoms with Gasteiger partial charge in [-0.1, -0.05) is 15.9 Å². The van der Waals surface area contributed by atoms with Crippen LogP contribution >= 0.6 is 15.9 Å². The van der Waals surface area contributed by atoms with Gasteiger partial charge in [-0.25, -0.2) is 0 Å². The third kappa shape index (κ3) is 3.90. The quantitative estimate of drug-likeness (QED) is 0.615. The van der Waals surface area contributed by atoms with Crippen LogP contribution in [0, 0.1) is 17.3 Å². The fraction of sp³-hybridized carbons (Fsp3) is 0.682. The molecular weight excluding hydrogens is 422 g/mol. The number of hydrogen-bond acceptors (Lipinski definition) is 4. The average molecular weight is 452 g/mol. The van der Waals surface area contributed by atoms with Gasteiger partial charge in [0.15, 0.2) is 0 Å². The highest BCUT2D eigenvalue weighted by Gasteiger charge is 2.57. The average Bonchev–Trinajstić information content (AvgIpc) is 2.63. The summed E-state index contributed by atoms with van der Waals surface area (Å²) < 4.78 is 10.8. The van der Waals surface area contributed by atoms with Gasteiger partial charge in [-0.05, 0) is 74.0 Å². The minimum atomic E-state index is -0.840. The van der Waals surface area contributed by atoms with E-state index in [1.54, 1.807) is 32.4 Å². The molecule has 2 N–H and O–H groups in total. The van der Waals surface area contributed by atoms with Crippen molar-refractivity contribution in [2.24, 2.45) is 17.3 Å². The van der Waals surface area contributed by atoms with Crippen LogP contribution in [0.5, 0.6) is 11.5 Å². The first-order chi connectivity index (χ1) is 13.3. The standard InChI is InChI=1S/C22H30BrNO4/c1-27-16-3-4-19(28-2)17(6-16)18(25)12-24-20(26)11-21-7-14-5-15(8-21)10-22(23,9-14)13-21/h3-4,6,14-15,18,25H,5,7-13H2,1-2H3,(H,24,26). The third-order valence-electron chi connectivity index (χ3n) is 6.93. The van der Waals surface area contributed by atoms with E-state index >= 15 is 0 Å². The number of methoxy groups -OCH3 is 2. The van der Waals surface area contributed by atoms with Crippen LogP contribution in [-0.4, -0.2) is 36.1 Å². The number of hydrogen-bond donors (Lipinski definition) is 2. The highest BCUT2D eigenvalue weighted by Crippen LogP contribution is 2.65. The minimum absolute atomic E-state index is 0.0407. The zero-order valence-corrected chi connectivity index (χ0v) is 18.3. The summed E-state index contributed by atoms with van der Waals surface area (Å²) in [5.41, 5.74) is 0.757. The van der Waals surface area contributed by atoms with E-state index in [4.69, 9.17) is 9.47 Å². The van der Waals surface area contributed by atoms with Crippen LogP contribution in [0.3, 0.4) is 0 Å². The number of amides is 1. The molecule has 0 saturated heterocycles. The Bertz CT molecular complexity index is 738. The Morgan fingerprint density at radius 1 is 1.25 bits per heavy atom. The number of benzene rings is 1. The topological polar surface area (TPSA) is 67.8 Å². The molecule has 5 rings (SSSR count). The number of aliphatic hydroxyl groups is 1. The summed E-state index contributed by atoms with van der Waals surface area (Å²) in [5.74, 6) is 2.81. The summed E-state index contributed by atoms with van der Waals surface area (Å²) in [6.45, 7) is 0.171. The second-order valence-electron chi connectivity index (χ2n) is 9.22. The van der Waals surface area contributed by atoms with Crippen LogP contribution in [0.1, 0.15) is 56.6 Å². The van der Waals surface area contributed by atoms with Gasteiger partial charge < -0.3 is 19.9 Å². The number of alkyl halides is 1. The molecule has 1 aromatic rings. The highest BCUT2D eigenvalue weighted by molar-refractivity contribution is 9.10. The van der Waals surface area contributed by atoms with Crippen LogP contribution in [-0.2, 0) is 4.79 Å². The molecule has 1 aromatic carbocycles. The van der Waals surface area contributed by atoms with Gasteiger partial charge in [-0.2, -0.15) is 0 Å². The van der Waals surface area contributed by atoms with Crippen LogP contribution in [0.15, 0.2) is 18.2 Å². The predicted molar refractivity (Wildman–Crippen MR) is 111 cm³/mol. The van der Waals surface area contributed by atoms with Gasteiger partial charge >= 0.3 is 0 Å². The van der Waals surface area contributed by atoms with E-state index in [1.165, 1.54) is 32.1 Å². The number of carbonyl (C=O) groups excluding carboxylic acids is 1. The van der Waals surface area contributed by atoms with Crippen molar-refractivity contribution < 1.29 is 19.4 Å². The highest BCUT2D eigenvalue weighted by atomic mass is 79.9. The maximum Gasteiger partial charge on any atom is 0.220 e. The molecule has 3 atom stereocenters. The normalized spacial score (nSPS) is 34.1. The van der Waals surface area contributed by atoms with Crippen molar-refractivity contribution in [2.75, 3.05) is 20.8 Å². The van der Waals surface area contributed by atoms with Crippen molar-refractivity contribution >= 4 is 21.8 Å². The number of nitrogens with one attached hydrogen (secondary N) is 1.